The van der Waals surface area contributed by atoms with Crippen molar-refractivity contribution in [3.63, 3.8) is 0 Å². The van der Waals surface area contributed by atoms with Crippen molar-refractivity contribution in [1.29, 1.82) is 0 Å². The summed E-state index contributed by atoms with van der Waals surface area (Å²) in [5, 5.41) is 10.4. The molecule has 0 spiro atoms. The van der Waals surface area contributed by atoms with Crippen LogP contribution in [0, 0.1) is 0 Å². The Balaban J connectivity index is 1.72. The number of aromatic nitrogens is 4. The third kappa shape index (κ3) is 3.79. The van der Waals surface area contributed by atoms with Crippen LogP contribution in [0.4, 0.5) is 19.0 Å². The first kappa shape index (κ1) is 17.4. The number of nitrogens with one attached hydrogen (secondary N) is 1. The summed E-state index contributed by atoms with van der Waals surface area (Å²) in [5.74, 6) is 0.413. The molecule has 26 heavy (non-hydrogen) atoms. The minimum atomic E-state index is -4.47. The van der Waals surface area contributed by atoms with Crippen LogP contribution in [0.1, 0.15) is 15.9 Å². The smallest absolute Gasteiger partial charge is 0.417 e. The number of hydrogen-bond acceptors (Lipinski definition) is 5. The van der Waals surface area contributed by atoms with Crippen molar-refractivity contribution in [3.8, 4) is 11.6 Å². The molecule has 1 amide bonds. The van der Waals surface area contributed by atoms with Gasteiger partial charge in [-0.2, -0.15) is 18.3 Å². The molecule has 10 heteroatoms. The van der Waals surface area contributed by atoms with E-state index in [4.69, 9.17) is 4.74 Å². The lowest BCUT2D eigenvalue weighted by molar-refractivity contribution is -0.137. The first-order valence-electron chi connectivity index (χ1n) is 7.28. The van der Waals surface area contributed by atoms with Gasteiger partial charge in [0.1, 0.15) is 5.75 Å². The van der Waals surface area contributed by atoms with Gasteiger partial charge in [-0.15, -0.1) is 9.90 Å². The molecule has 1 N–H and O–H groups in total. The number of methoxy groups -OCH3 is 1. The first-order chi connectivity index (χ1) is 12.4. The molecule has 0 saturated carbocycles. The lowest BCUT2D eigenvalue weighted by Crippen LogP contribution is -2.12. The van der Waals surface area contributed by atoms with E-state index in [2.05, 4.69) is 20.5 Å². The number of anilines is 1. The summed E-state index contributed by atoms with van der Waals surface area (Å²) in [6, 6.07) is 8.45. The topological polar surface area (TPSA) is 81.9 Å². The highest BCUT2D eigenvalue weighted by Crippen LogP contribution is 2.28. The monoisotopic (exact) mass is 363 g/mol. The van der Waals surface area contributed by atoms with E-state index in [9.17, 15) is 18.0 Å². The van der Waals surface area contributed by atoms with Gasteiger partial charge in [-0.25, -0.2) is 4.98 Å². The third-order valence-electron chi connectivity index (χ3n) is 3.37. The number of ether oxygens (including phenoxy) is 1. The van der Waals surface area contributed by atoms with Gasteiger partial charge in [0.2, 0.25) is 0 Å². The first-order valence-corrected chi connectivity index (χ1v) is 7.28. The number of amides is 1. The Hall–Kier alpha value is -3.43. The van der Waals surface area contributed by atoms with Crippen molar-refractivity contribution in [1.82, 2.24) is 20.0 Å². The van der Waals surface area contributed by atoms with Crippen LogP contribution in [0.2, 0.25) is 0 Å². The van der Waals surface area contributed by atoms with Gasteiger partial charge in [0.25, 0.3) is 5.91 Å². The summed E-state index contributed by atoms with van der Waals surface area (Å²) in [7, 11) is 1.52. The zero-order valence-electron chi connectivity index (χ0n) is 13.4. The Bertz CT molecular complexity index is 905. The van der Waals surface area contributed by atoms with Crippen LogP contribution in [0.25, 0.3) is 5.82 Å². The molecule has 2 heterocycles. The predicted octanol–water partition coefficient (Wildman–Crippen LogP) is 2.94. The Morgan fingerprint density at radius 1 is 1.12 bits per heavy atom. The zero-order chi connectivity index (χ0) is 18.7. The maximum Gasteiger partial charge on any atom is 0.417 e. The predicted molar refractivity (Wildman–Crippen MR) is 85.1 cm³/mol. The Labute approximate surface area is 145 Å². The van der Waals surface area contributed by atoms with E-state index in [1.54, 1.807) is 24.3 Å². The Morgan fingerprint density at radius 2 is 1.85 bits per heavy atom. The number of benzene rings is 1. The maximum atomic E-state index is 12.5. The molecule has 0 bridgehead atoms. The van der Waals surface area contributed by atoms with Crippen molar-refractivity contribution < 1.29 is 22.7 Å². The highest BCUT2D eigenvalue weighted by molar-refractivity contribution is 6.03. The van der Waals surface area contributed by atoms with E-state index in [0.717, 1.165) is 16.9 Å². The second-order valence-corrected chi connectivity index (χ2v) is 5.10. The average molecular weight is 363 g/mol. The summed E-state index contributed by atoms with van der Waals surface area (Å²) in [4.78, 5) is 16.8. The van der Waals surface area contributed by atoms with Gasteiger partial charge in [-0.3, -0.25) is 4.79 Å². The summed E-state index contributed by atoms with van der Waals surface area (Å²) >= 11 is 0. The highest BCUT2D eigenvalue weighted by atomic mass is 19.4. The number of pyridine rings is 1. The number of nitrogens with zero attached hydrogens (tertiary/aromatic N) is 4. The molecule has 3 aromatic rings. The molecule has 0 radical (unpaired) electrons. The van der Waals surface area contributed by atoms with Crippen molar-refractivity contribution in [3.05, 3.63) is 59.9 Å². The van der Waals surface area contributed by atoms with Crippen molar-refractivity contribution >= 4 is 11.7 Å². The van der Waals surface area contributed by atoms with Crippen LogP contribution in [0.5, 0.6) is 5.75 Å². The van der Waals surface area contributed by atoms with Gasteiger partial charge >= 0.3 is 6.18 Å². The van der Waals surface area contributed by atoms with Gasteiger partial charge in [0, 0.05) is 11.8 Å². The van der Waals surface area contributed by atoms with Crippen molar-refractivity contribution in [2.45, 2.75) is 6.18 Å². The molecule has 0 atom stereocenters. The van der Waals surface area contributed by atoms with Gasteiger partial charge in [-0.05, 0) is 36.4 Å². The largest absolute Gasteiger partial charge is 0.497 e. The molecule has 0 saturated heterocycles. The molecular formula is C16H12F3N5O2. The molecule has 1 aromatic carbocycles. The average Bonchev–Trinajstić information content (AvgIpc) is 3.09. The van der Waals surface area contributed by atoms with Crippen LogP contribution < -0.4 is 10.1 Å². The van der Waals surface area contributed by atoms with Crippen LogP contribution in [-0.2, 0) is 6.18 Å². The number of hydrogen-bond donors (Lipinski definition) is 1. The quantitative estimate of drug-likeness (QED) is 0.771. The molecular weight excluding hydrogens is 351 g/mol. The lowest BCUT2D eigenvalue weighted by Gasteiger charge is -2.06. The minimum absolute atomic E-state index is 0.0861. The number of halogens is 3. The van der Waals surface area contributed by atoms with Crippen LogP contribution in [0.15, 0.2) is 48.8 Å². The number of carbonyl (C=O) groups is 1. The molecule has 7 nitrogen and oxygen atoms in total. The second-order valence-electron chi connectivity index (χ2n) is 5.10. The summed E-state index contributed by atoms with van der Waals surface area (Å²) in [5.41, 5.74) is -0.491. The van der Waals surface area contributed by atoms with Gasteiger partial charge in [0.15, 0.2) is 11.6 Å². The molecule has 0 aliphatic rings. The van der Waals surface area contributed by atoms with E-state index in [1.165, 1.54) is 13.3 Å². The molecule has 0 aliphatic heterocycles. The minimum Gasteiger partial charge on any atom is -0.497 e. The third-order valence-corrected chi connectivity index (χ3v) is 3.37. The van der Waals surface area contributed by atoms with Gasteiger partial charge in [0.05, 0.1) is 18.9 Å². The Kier molecular flexibility index (Phi) is 4.57. The summed E-state index contributed by atoms with van der Waals surface area (Å²) in [6.45, 7) is 0. The zero-order valence-corrected chi connectivity index (χ0v) is 13.4. The fourth-order valence-corrected chi connectivity index (χ4v) is 2.03. The molecule has 134 valence electrons. The molecule has 2 aromatic heterocycles. The number of carbonyl (C=O) groups excluding carboxylic acids is 1. The second kappa shape index (κ2) is 6.82. The van der Waals surface area contributed by atoms with E-state index in [0.29, 0.717) is 17.5 Å². The fourth-order valence-electron chi connectivity index (χ4n) is 2.03. The Morgan fingerprint density at radius 3 is 2.42 bits per heavy atom. The SMILES string of the molecule is COc1ccc(C(=O)Nc2cnn(-c3ccc(C(F)(F)F)cn3)n2)cc1. The van der Waals surface area contributed by atoms with Gasteiger partial charge < -0.3 is 10.1 Å². The lowest BCUT2D eigenvalue weighted by atomic mass is 10.2. The molecule has 0 aliphatic carbocycles. The van der Waals surface area contributed by atoms with E-state index in [-0.39, 0.29) is 11.6 Å². The molecule has 3 rings (SSSR count). The number of alkyl halides is 3. The number of rotatable bonds is 4. The maximum absolute atomic E-state index is 12.5. The highest BCUT2D eigenvalue weighted by Gasteiger charge is 2.30. The van der Waals surface area contributed by atoms with Crippen molar-refractivity contribution in [2.24, 2.45) is 0 Å². The standard InChI is InChI=1S/C16H12F3N5O2/c1-26-12-5-2-10(3-6-12)15(25)22-13-9-21-24(23-13)14-7-4-11(8-20-14)16(17,18)19/h2-9H,1H3,(H,22,23,25). The summed E-state index contributed by atoms with van der Waals surface area (Å²) < 4.78 is 42.6. The normalized spacial score (nSPS) is 11.2. The van der Waals surface area contributed by atoms with E-state index < -0.39 is 17.6 Å². The molecule has 0 fully saturated rings. The molecule has 0 unspecified atom stereocenters. The summed E-state index contributed by atoms with van der Waals surface area (Å²) in [6.07, 6.45) is -2.52. The van der Waals surface area contributed by atoms with Gasteiger partial charge in [-0.1, -0.05) is 0 Å². The van der Waals surface area contributed by atoms with E-state index in [1.807, 2.05) is 0 Å². The van der Waals surface area contributed by atoms with E-state index >= 15 is 0 Å². The van der Waals surface area contributed by atoms with Crippen LogP contribution >= 0.6 is 0 Å². The fraction of sp³-hybridized carbons (Fsp3) is 0.125. The van der Waals surface area contributed by atoms with Crippen LogP contribution in [0.3, 0.4) is 0 Å². The van der Waals surface area contributed by atoms with Crippen LogP contribution in [-0.4, -0.2) is 33.0 Å². The van der Waals surface area contributed by atoms with Crippen molar-refractivity contribution in [2.75, 3.05) is 12.4 Å².